The van der Waals surface area contributed by atoms with Crippen molar-refractivity contribution in [2.45, 2.75) is 26.2 Å². The largest absolute Gasteiger partial charge is 0.481 e. The number of benzene rings is 2. The maximum atomic E-state index is 10.7. The lowest BCUT2D eigenvalue weighted by Gasteiger charge is -2.11. The highest BCUT2D eigenvalue weighted by Crippen LogP contribution is 2.24. The molecule has 1 N–H and O–H groups in total. The molecule has 2 rings (SSSR count). The molecule has 88 valence electrons. The van der Waals surface area contributed by atoms with Gasteiger partial charge in [0.1, 0.15) is 0 Å². The van der Waals surface area contributed by atoms with Crippen molar-refractivity contribution in [3.8, 4) is 0 Å². The average molecular weight is 228 g/mol. The Hall–Kier alpha value is -1.83. The van der Waals surface area contributed by atoms with E-state index < -0.39 is 5.97 Å². The Morgan fingerprint density at radius 3 is 2.65 bits per heavy atom. The van der Waals surface area contributed by atoms with Crippen LogP contribution in [0.4, 0.5) is 0 Å². The lowest BCUT2D eigenvalue weighted by Crippen LogP contribution is -2.01. The molecule has 2 aromatic rings. The standard InChI is InChI=1S/C15H16O2/c1-2-11-7-8-12-5-3-4-6-13(12)14(11)9-10-15(16)17/h3-8H,2,9-10H2,1H3,(H,16,17). The first-order valence-electron chi connectivity index (χ1n) is 5.93. The summed E-state index contributed by atoms with van der Waals surface area (Å²) in [5.41, 5.74) is 2.44. The zero-order chi connectivity index (χ0) is 12.3. The highest BCUT2D eigenvalue weighted by molar-refractivity contribution is 5.87. The van der Waals surface area contributed by atoms with Crippen molar-refractivity contribution in [1.29, 1.82) is 0 Å². The minimum Gasteiger partial charge on any atom is -0.481 e. The van der Waals surface area contributed by atoms with Gasteiger partial charge in [-0.3, -0.25) is 4.79 Å². The second kappa shape index (κ2) is 5.00. The molecule has 0 spiro atoms. The van der Waals surface area contributed by atoms with Gasteiger partial charge in [-0.15, -0.1) is 0 Å². The summed E-state index contributed by atoms with van der Waals surface area (Å²) in [5, 5.41) is 11.2. The fourth-order valence-corrected chi connectivity index (χ4v) is 2.24. The van der Waals surface area contributed by atoms with Crippen LogP contribution in [0, 0.1) is 0 Å². The van der Waals surface area contributed by atoms with Gasteiger partial charge >= 0.3 is 5.97 Å². The van der Waals surface area contributed by atoms with Gasteiger partial charge in [-0.1, -0.05) is 43.3 Å². The Labute approximate surface area is 101 Å². The third-order valence-corrected chi connectivity index (χ3v) is 3.11. The minimum absolute atomic E-state index is 0.195. The SMILES string of the molecule is CCc1ccc2ccccc2c1CCC(=O)O. The second-order valence-electron chi connectivity index (χ2n) is 4.17. The van der Waals surface area contributed by atoms with Crippen LogP contribution in [0.3, 0.4) is 0 Å². The Bertz CT molecular complexity index is 544. The molecule has 0 amide bonds. The number of aryl methyl sites for hydroxylation is 2. The average Bonchev–Trinajstić information content (AvgIpc) is 2.35. The topological polar surface area (TPSA) is 37.3 Å². The third-order valence-electron chi connectivity index (χ3n) is 3.11. The van der Waals surface area contributed by atoms with Crippen LogP contribution in [0.25, 0.3) is 10.8 Å². The molecule has 0 bridgehead atoms. The maximum Gasteiger partial charge on any atom is 0.303 e. The molecule has 0 saturated carbocycles. The summed E-state index contributed by atoms with van der Waals surface area (Å²) < 4.78 is 0. The van der Waals surface area contributed by atoms with Crippen LogP contribution in [0.5, 0.6) is 0 Å². The van der Waals surface area contributed by atoms with Gasteiger partial charge < -0.3 is 5.11 Å². The smallest absolute Gasteiger partial charge is 0.303 e. The molecule has 2 heteroatoms. The van der Waals surface area contributed by atoms with Crippen LogP contribution < -0.4 is 0 Å². The molecule has 0 aromatic heterocycles. The Morgan fingerprint density at radius 1 is 1.18 bits per heavy atom. The van der Waals surface area contributed by atoms with Gasteiger partial charge in [-0.25, -0.2) is 0 Å². The number of carbonyl (C=O) groups is 1. The highest BCUT2D eigenvalue weighted by Gasteiger charge is 2.08. The molecule has 17 heavy (non-hydrogen) atoms. The molecular weight excluding hydrogens is 212 g/mol. The summed E-state index contributed by atoms with van der Waals surface area (Å²) in [6, 6.07) is 12.4. The molecule has 0 aliphatic carbocycles. The Balaban J connectivity index is 2.50. The van der Waals surface area contributed by atoms with E-state index in [-0.39, 0.29) is 6.42 Å². The first kappa shape index (κ1) is 11.6. The van der Waals surface area contributed by atoms with Crippen molar-refractivity contribution in [3.63, 3.8) is 0 Å². The van der Waals surface area contributed by atoms with Gasteiger partial charge in [0.25, 0.3) is 0 Å². The van der Waals surface area contributed by atoms with E-state index in [4.69, 9.17) is 5.11 Å². The predicted octanol–water partition coefficient (Wildman–Crippen LogP) is 3.42. The summed E-state index contributed by atoms with van der Waals surface area (Å²) in [6.07, 6.45) is 1.75. The first-order valence-corrected chi connectivity index (χ1v) is 5.93. The van der Waals surface area contributed by atoms with Gasteiger partial charge in [-0.2, -0.15) is 0 Å². The van der Waals surface area contributed by atoms with Gasteiger partial charge in [0.2, 0.25) is 0 Å². The van der Waals surface area contributed by atoms with Crippen molar-refractivity contribution in [2.24, 2.45) is 0 Å². The van der Waals surface area contributed by atoms with Crippen molar-refractivity contribution >= 4 is 16.7 Å². The lowest BCUT2D eigenvalue weighted by molar-refractivity contribution is -0.136. The van der Waals surface area contributed by atoms with Crippen molar-refractivity contribution < 1.29 is 9.90 Å². The van der Waals surface area contributed by atoms with E-state index in [0.717, 1.165) is 6.42 Å². The van der Waals surface area contributed by atoms with E-state index in [2.05, 4.69) is 31.2 Å². The van der Waals surface area contributed by atoms with Crippen LogP contribution in [0.1, 0.15) is 24.5 Å². The molecule has 0 radical (unpaired) electrons. The molecule has 0 saturated heterocycles. The van der Waals surface area contributed by atoms with E-state index in [9.17, 15) is 4.79 Å². The van der Waals surface area contributed by atoms with Crippen molar-refractivity contribution in [1.82, 2.24) is 0 Å². The maximum absolute atomic E-state index is 10.7. The molecule has 2 nitrogen and oxygen atoms in total. The normalized spacial score (nSPS) is 10.6. The Kier molecular flexibility index (Phi) is 3.43. The summed E-state index contributed by atoms with van der Waals surface area (Å²) in [5.74, 6) is -0.736. The number of rotatable bonds is 4. The molecule has 0 unspecified atom stereocenters. The van der Waals surface area contributed by atoms with Crippen LogP contribution in [0.15, 0.2) is 36.4 Å². The van der Waals surface area contributed by atoms with Crippen molar-refractivity contribution in [3.05, 3.63) is 47.5 Å². The van der Waals surface area contributed by atoms with Gasteiger partial charge in [0, 0.05) is 6.42 Å². The van der Waals surface area contributed by atoms with Crippen LogP contribution in [-0.2, 0) is 17.6 Å². The summed E-state index contributed by atoms with van der Waals surface area (Å²) in [7, 11) is 0. The van der Waals surface area contributed by atoms with E-state index in [1.165, 1.54) is 21.9 Å². The van der Waals surface area contributed by atoms with E-state index >= 15 is 0 Å². The van der Waals surface area contributed by atoms with Crippen LogP contribution in [0.2, 0.25) is 0 Å². The summed E-state index contributed by atoms with van der Waals surface area (Å²) in [6.45, 7) is 2.11. The summed E-state index contributed by atoms with van der Waals surface area (Å²) >= 11 is 0. The fourth-order valence-electron chi connectivity index (χ4n) is 2.24. The number of fused-ring (bicyclic) bond motifs is 1. The number of hydrogen-bond donors (Lipinski definition) is 1. The minimum atomic E-state index is -0.736. The van der Waals surface area contributed by atoms with Gasteiger partial charge in [-0.05, 0) is 34.7 Å². The van der Waals surface area contributed by atoms with Crippen LogP contribution >= 0.6 is 0 Å². The van der Waals surface area contributed by atoms with Gasteiger partial charge in [0.05, 0.1) is 0 Å². The highest BCUT2D eigenvalue weighted by atomic mass is 16.4. The zero-order valence-corrected chi connectivity index (χ0v) is 9.94. The van der Waals surface area contributed by atoms with Crippen LogP contribution in [-0.4, -0.2) is 11.1 Å². The lowest BCUT2D eigenvalue weighted by atomic mass is 9.94. The molecule has 0 fully saturated rings. The summed E-state index contributed by atoms with van der Waals surface area (Å²) in [4.78, 5) is 10.7. The van der Waals surface area contributed by atoms with E-state index in [1.54, 1.807) is 0 Å². The molecule has 2 aromatic carbocycles. The number of carboxylic acids is 1. The molecular formula is C15H16O2. The quantitative estimate of drug-likeness (QED) is 0.870. The molecule has 0 atom stereocenters. The van der Waals surface area contributed by atoms with E-state index in [0.29, 0.717) is 6.42 Å². The fraction of sp³-hybridized carbons (Fsp3) is 0.267. The third kappa shape index (κ3) is 2.47. The molecule has 0 heterocycles. The number of aliphatic carboxylic acids is 1. The zero-order valence-electron chi connectivity index (χ0n) is 9.94. The monoisotopic (exact) mass is 228 g/mol. The molecule has 0 aliphatic heterocycles. The Morgan fingerprint density at radius 2 is 1.94 bits per heavy atom. The number of hydrogen-bond acceptors (Lipinski definition) is 1. The number of carboxylic acid groups (broad SMARTS) is 1. The molecule has 0 aliphatic rings. The first-order chi connectivity index (χ1) is 8.22. The predicted molar refractivity (Wildman–Crippen MR) is 69.3 cm³/mol. The van der Waals surface area contributed by atoms with Gasteiger partial charge in [0.15, 0.2) is 0 Å². The van der Waals surface area contributed by atoms with Crippen molar-refractivity contribution in [2.75, 3.05) is 0 Å². The van der Waals surface area contributed by atoms with E-state index in [1.807, 2.05) is 12.1 Å². The second-order valence-corrected chi connectivity index (χ2v) is 4.17.